The van der Waals surface area contributed by atoms with Gasteiger partial charge in [-0.15, -0.1) is 0 Å². The lowest BCUT2D eigenvalue weighted by Gasteiger charge is -2.26. The van der Waals surface area contributed by atoms with E-state index in [-0.39, 0.29) is 5.41 Å². The molecule has 1 fully saturated rings. The molecule has 0 amide bonds. The van der Waals surface area contributed by atoms with Gasteiger partial charge < -0.3 is 15.1 Å². The Morgan fingerprint density at radius 1 is 0.950 bits per heavy atom. The molecule has 1 unspecified atom stereocenters. The predicted octanol–water partition coefficient (Wildman–Crippen LogP) is 3.12. The van der Waals surface area contributed by atoms with E-state index in [0.717, 1.165) is 30.9 Å². The molecule has 1 aromatic carbocycles. The topological polar surface area (TPSA) is 131 Å². The van der Waals surface area contributed by atoms with Gasteiger partial charge in [0.05, 0.1) is 11.4 Å². The fourth-order valence-corrected chi connectivity index (χ4v) is 5.31. The molecule has 3 heterocycles. The van der Waals surface area contributed by atoms with Crippen molar-refractivity contribution in [3.8, 4) is 0 Å². The largest absolute Gasteiger partial charge is 0.490 e. The van der Waals surface area contributed by atoms with Gasteiger partial charge in [-0.3, -0.25) is 4.98 Å². The molecule has 0 radical (unpaired) electrons. The quantitative estimate of drug-likeness (QED) is 0.512. The third kappa shape index (κ3) is 8.04. The van der Waals surface area contributed by atoms with Crippen LogP contribution in [0.2, 0.25) is 0 Å². The SMILES string of the molecule is CN(C)S(=O)(=O)N1CCC2(CN(Cc3ccccc3)c3cccnc32)C1.O=C(O)C(F)(F)F.O=C(O)C(F)(F)F. The second kappa shape index (κ2) is 12.4. The third-order valence-electron chi connectivity index (χ3n) is 5.93. The molecule has 0 bridgehead atoms. The highest BCUT2D eigenvalue weighted by Gasteiger charge is 2.51. The number of anilines is 1. The van der Waals surface area contributed by atoms with Crippen molar-refractivity contribution >= 4 is 27.8 Å². The number of hydrogen-bond acceptors (Lipinski definition) is 6. The van der Waals surface area contributed by atoms with Gasteiger partial charge in [-0.1, -0.05) is 30.3 Å². The second-order valence-corrected chi connectivity index (χ2v) is 11.1. The van der Waals surface area contributed by atoms with Crippen molar-refractivity contribution < 1.29 is 54.6 Å². The molecule has 222 valence electrons. The molecule has 2 aliphatic heterocycles. The number of aliphatic carboxylic acids is 2. The van der Waals surface area contributed by atoms with Gasteiger partial charge in [0.25, 0.3) is 10.2 Å². The molecule has 0 aliphatic carbocycles. The van der Waals surface area contributed by atoms with E-state index in [1.54, 1.807) is 18.4 Å². The Morgan fingerprint density at radius 2 is 1.48 bits per heavy atom. The number of rotatable bonds is 4. The number of alkyl halides is 6. The number of carboxylic acid groups (broad SMARTS) is 2. The van der Waals surface area contributed by atoms with Crippen LogP contribution in [0.5, 0.6) is 0 Å². The zero-order chi connectivity index (χ0) is 30.5. The molecule has 17 heteroatoms. The Hall–Kier alpha value is -3.44. The summed E-state index contributed by atoms with van der Waals surface area (Å²) >= 11 is 0. The maximum Gasteiger partial charge on any atom is 0.490 e. The fraction of sp³-hybridized carbons (Fsp3) is 0.435. The molecular formula is C23H26F6N4O6S. The fourth-order valence-electron chi connectivity index (χ4n) is 4.12. The predicted molar refractivity (Wildman–Crippen MR) is 130 cm³/mol. The van der Waals surface area contributed by atoms with E-state index in [0.29, 0.717) is 13.1 Å². The summed E-state index contributed by atoms with van der Waals surface area (Å²) in [6, 6.07) is 14.4. The molecule has 4 rings (SSSR count). The van der Waals surface area contributed by atoms with E-state index in [4.69, 9.17) is 19.8 Å². The average molecular weight is 601 g/mol. The maximum atomic E-state index is 12.6. The summed E-state index contributed by atoms with van der Waals surface area (Å²) in [5.41, 5.74) is 3.18. The van der Waals surface area contributed by atoms with Crippen molar-refractivity contribution in [2.24, 2.45) is 0 Å². The zero-order valence-corrected chi connectivity index (χ0v) is 22.0. The van der Waals surface area contributed by atoms with Gasteiger partial charge in [0, 0.05) is 51.9 Å². The van der Waals surface area contributed by atoms with Gasteiger partial charge in [0.1, 0.15) is 0 Å². The first-order valence-corrected chi connectivity index (χ1v) is 12.7. The van der Waals surface area contributed by atoms with Crippen molar-refractivity contribution in [3.63, 3.8) is 0 Å². The van der Waals surface area contributed by atoms with Crippen LogP contribution >= 0.6 is 0 Å². The smallest absolute Gasteiger partial charge is 0.475 e. The van der Waals surface area contributed by atoms with Crippen molar-refractivity contribution in [1.82, 2.24) is 13.6 Å². The molecule has 10 nitrogen and oxygen atoms in total. The Balaban J connectivity index is 0.000000333. The molecule has 1 atom stereocenters. The van der Waals surface area contributed by atoms with Crippen LogP contribution in [-0.2, 0) is 31.8 Å². The standard InChI is InChI=1S/C19H24N4O2S.2C2HF3O2/c1-21(2)26(24,25)23-12-10-19(15-23)14-22(13-16-7-4-3-5-8-16)17-9-6-11-20-18(17)19;2*3-2(4,5)1(6)7/h3-9,11H,10,12-15H2,1-2H3;2*(H,6,7). The zero-order valence-electron chi connectivity index (χ0n) is 21.1. The minimum absolute atomic E-state index is 0.228. The number of carbonyl (C=O) groups is 2. The number of hydrogen-bond donors (Lipinski definition) is 2. The van der Waals surface area contributed by atoms with E-state index in [1.807, 2.05) is 30.5 Å². The van der Waals surface area contributed by atoms with Crippen molar-refractivity contribution in [2.45, 2.75) is 30.7 Å². The van der Waals surface area contributed by atoms with Gasteiger partial charge in [-0.2, -0.15) is 43.4 Å². The molecule has 1 saturated heterocycles. The molecule has 2 N–H and O–H groups in total. The highest BCUT2D eigenvalue weighted by Crippen LogP contribution is 2.46. The summed E-state index contributed by atoms with van der Waals surface area (Å²) in [4.78, 5) is 24.8. The molecule has 40 heavy (non-hydrogen) atoms. The summed E-state index contributed by atoms with van der Waals surface area (Å²) in [5.74, 6) is -5.51. The number of nitrogens with zero attached hydrogens (tertiary/aromatic N) is 4. The monoisotopic (exact) mass is 600 g/mol. The van der Waals surface area contributed by atoms with Gasteiger partial charge >= 0.3 is 24.3 Å². The second-order valence-electron chi connectivity index (χ2n) is 8.97. The van der Waals surface area contributed by atoms with Crippen LogP contribution < -0.4 is 4.90 Å². The molecule has 2 aliphatic rings. The number of aromatic nitrogens is 1. The van der Waals surface area contributed by atoms with Gasteiger partial charge in [-0.05, 0) is 24.1 Å². The summed E-state index contributed by atoms with van der Waals surface area (Å²) < 4.78 is 91.5. The normalized spacial score (nSPS) is 19.0. The maximum absolute atomic E-state index is 12.6. The van der Waals surface area contributed by atoms with Crippen LogP contribution in [-0.4, -0.2) is 90.2 Å². The molecular weight excluding hydrogens is 574 g/mol. The number of pyridine rings is 1. The van der Waals surface area contributed by atoms with E-state index in [1.165, 1.54) is 9.87 Å². The van der Waals surface area contributed by atoms with Crippen LogP contribution in [0, 0.1) is 0 Å². The Kier molecular flexibility index (Phi) is 10.1. The number of benzene rings is 1. The van der Waals surface area contributed by atoms with Crippen LogP contribution in [0.15, 0.2) is 48.7 Å². The first-order valence-electron chi connectivity index (χ1n) is 11.3. The molecule has 1 spiro atoms. The molecule has 2 aromatic rings. The third-order valence-corrected chi connectivity index (χ3v) is 7.82. The van der Waals surface area contributed by atoms with E-state index in [9.17, 15) is 34.8 Å². The Morgan fingerprint density at radius 3 is 1.95 bits per heavy atom. The van der Waals surface area contributed by atoms with E-state index < -0.39 is 34.5 Å². The lowest BCUT2D eigenvalue weighted by molar-refractivity contribution is -0.193. The first kappa shape index (κ1) is 32.8. The van der Waals surface area contributed by atoms with Crippen molar-refractivity contribution in [3.05, 3.63) is 59.9 Å². The van der Waals surface area contributed by atoms with Gasteiger partial charge in [0.15, 0.2) is 0 Å². The molecule has 0 saturated carbocycles. The van der Waals surface area contributed by atoms with Gasteiger partial charge in [0.2, 0.25) is 0 Å². The van der Waals surface area contributed by atoms with Gasteiger partial charge in [-0.25, -0.2) is 9.59 Å². The number of fused-ring (bicyclic) bond motifs is 2. The lowest BCUT2D eigenvalue weighted by atomic mass is 9.85. The number of halogens is 6. The first-order chi connectivity index (χ1) is 18.3. The minimum Gasteiger partial charge on any atom is -0.475 e. The summed E-state index contributed by atoms with van der Waals surface area (Å²) in [7, 11) is -0.226. The summed E-state index contributed by atoms with van der Waals surface area (Å²) in [6.07, 6.45) is -7.55. The lowest BCUT2D eigenvalue weighted by Crippen LogP contribution is -2.42. The van der Waals surface area contributed by atoms with Crippen LogP contribution in [0.1, 0.15) is 17.7 Å². The van der Waals surface area contributed by atoms with Crippen molar-refractivity contribution in [2.75, 3.05) is 38.6 Å². The van der Waals surface area contributed by atoms with Crippen molar-refractivity contribution in [1.29, 1.82) is 0 Å². The van der Waals surface area contributed by atoms with Crippen LogP contribution in [0.25, 0.3) is 0 Å². The summed E-state index contributed by atoms with van der Waals surface area (Å²) in [5, 5.41) is 14.2. The molecule has 1 aromatic heterocycles. The highest BCUT2D eigenvalue weighted by molar-refractivity contribution is 7.86. The van der Waals surface area contributed by atoms with Crippen LogP contribution in [0.3, 0.4) is 0 Å². The number of carboxylic acids is 2. The summed E-state index contributed by atoms with van der Waals surface area (Å²) in [6.45, 7) is 2.63. The van der Waals surface area contributed by atoms with E-state index >= 15 is 0 Å². The average Bonchev–Trinajstić information content (AvgIpc) is 3.42. The van der Waals surface area contributed by atoms with E-state index in [2.05, 4.69) is 28.1 Å². The Bertz CT molecular complexity index is 1270. The Labute approximate surface area is 225 Å². The highest BCUT2D eigenvalue weighted by atomic mass is 32.2. The minimum atomic E-state index is -5.08. The van der Waals surface area contributed by atoms with Crippen LogP contribution in [0.4, 0.5) is 32.0 Å².